The third kappa shape index (κ3) is 1.72. The Morgan fingerprint density at radius 1 is 1.64 bits per heavy atom. The van der Waals surface area contributed by atoms with E-state index in [9.17, 15) is 8.78 Å². The average molecular weight is 182 g/mol. The molecule has 1 aliphatic rings. The van der Waals surface area contributed by atoms with Crippen LogP contribution in [0.3, 0.4) is 0 Å². The van der Waals surface area contributed by atoms with Crippen molar-refractivity contribution in [2.24, 2.45) is 0 Å². The second-order valence-corrected chi connectivity index (χ2v) is 3.49. The molecule has 0 aliphatic carbocycles. The summed E-state index contributed by atoms with van der Waals surface area (Å²) < 4.78 is 23.8. The molecule has 0 amide bonds. The minimum absolute atomic E-state index is 0.120. The maximum absolute atomic E-state index is 11.9. The van der Waals surface area contributed by atoms with Gasteiger partial charge in [-0.25, -0.2) is 0 Å². The van der Waals surface area contributed by atoms with E-state index in [1.807, 2.05) is 0 Å². The quantitative estimate of drug-likeness (QED) is 0.624. The van der Waals surface area contributed by atoms with Crippen LogP contribution in [0.5, 0.6) is 0 Å². The van der Waals surface area contributed by atoms with Gasteiger partial charge in [0.1, 0.15) is 0 Å². The Bertz CT molecular complexity index is 179. The van der Waals surface area contributed by atoms with Gasteiger partial charge in [-0.2, -0.15) is 8.78 Å². The first-order chi connectivity index (χ1) is 5.16. The summed E-state index contributed by atoms with van der Waals surface area (Å²) in [5.74, 6) is 0.120. The van der Waals surface area contributed by atoms with Crippen LogP contribution in [-0.2, 0) is 0 Å². The molecule has 0 aromatic carbocycles. The Morgan fingerprint density at radius 2 is 2.27 bits per heavy atom. The Hall–Kier alpha value is -0.130. The third-order valence-electron chi connectivity index (χ3n) is 1.58. The highest BCUT2D eigenvalue weighted by atomic mass is 32.2. The molecule has 0 spiro atoms. The van der Waals surface area contributed by atoms with E-state index in [2.05, 4.69) is 0 Å². The maximum Gasteiger partial charge on any atom is 0.272 e. The fraction of sp³-hybridized carbons (Fsp3) is 0.667. The zero-order chi connectivity index (χ0) is 8.43. The second kappa shape index (κ2) is 3.51. The molecule has 0 aromatic heterocycles. The van der Waals surface area contributed by atoms with Gasteiger partial charge in [0.05, 0.1) is 18.0 Å². The number of halogens is 2. The summed E-state index contributed by atoms with van der Waals surface area (Å²) in [5.41, 5.74) is -0.242. The number of rotatable bonds is 1. The molecule has 0 radical (unpaired) electrons. The first-order valence-electron chi connectivity index (χ1n) is 3.11. The van der Waals surface area contributed by atoms with Gasteiger partial charge in [0.2, 0.25) is 0 Å². The summed E-state index contributed by atoms with van der Waals surface area (Å²) in [6.45, 7) is -0.261. The third-order valence-corrected chi connectivity index (χ3v) is 2.90. The molecule has 11 heavy (non-hydrogen) atoms. The Balaban J connectivity index is 2.71. The van der Waals surface area contributed by atoms with Crippen LogP contribution in [0.4, 0.5) is 8.78 Å². The van der Waals surface area contributed by atoms with Crippen LogP contribution in [0.25, 0.3) is 0 Å². The van der Waals surface area contributed by atoms with Gasteiger partial charge in [-0.3, -0.25) is 0 Å². The average Bonchev–Trinajstić information content (AvgIpc) is 2.30. The van der Waals surface area contributed by atoms with Crippen molar-refractivity contribution in [3.8, 4) is 0 Å². The van der Waals surface area contributed by atoms with Crippen molar-refractivity contribution < 1.29 is 19.0 Å². The summed E-state index contributed by atoms with van der Waals surface area (Å²) >= 11 is 1.15. The second-order valence-electron chi connectivity index (χ2n) is 2.26. The van der Waals surface area contributed by atoms with Crippen molar-refractivity contribution in [3.05, 3.63) is 11.7 Å². The highest BCUT2D eigenvalue weighted by molar-refractivity contribution is 8.00. The molecule has 1 rings (SSSR count). The Morgan fingerprint density at radius 3 is 2.55 bits per heavy atom. The van der Waals surface area contributed by atoms with Gasteiger partial charge >= 0.3 is 0 Å². The molecule has 0 unspecified atom stereocenters. The molecular weight excluding hydrogens is 174 g/mol. The summed E-state index contributed by atoms with van der Waals surface area (Å²) in [7, 11) is 0. The van der Waals surface area contributed by atoms with Crippen molar-refractivity contribution in [1.29, 1.82) is 0 Å². The topological polar surface area (TPSA) is 40.5 Å². The lowest BCUT2D eigenvalue weighted by molar-refractivity contribution is 0.168. The largest absolute Gasteiger partial charge is 0.395 e. The summed E-state index contributed by atoms with van der Waals surface area (Å²) in [6.07, 6.45) is -2.99. The molecule has 0 saturated carbocycles. The lowest BCUT2D eigenvalue weighted by Crippen LogP contribution is -2.22. The van der Waals surface area contributed by atoms with E-state index >= 15 is 0 Å². The minimum Gasteiger partial charge on any atom is -0.395 e. The van der Waals surface area contributed by atoms with Crippen molar-refractivity contribution in [1.82, 2.24) is 0 Å². The summed E-state index contributed by atoms with van der Waals surface area (Å²) in [4.78, 5) is 0. The van der Waals surface area contributed by atoms with E-state index in [0.717, 1.165) is 11.8 Å². The first kappa shape index (κ1) is 8.96. The van der Waals surface area contributed by atoms with E-state index in [0.29, 0.717) is 0 Å². The van der Waals surface area contributed by atoms with Crippen molar-refractivity contribution in [3.63, 3.8) is 0 Å². The minimum atomic E-state index is -1.82. The highest BCUT2D eigenvalue weighted by Gasteiger charge is 2.32. The van der Waals surface area contributed by atoms with Crippen LogP contribution < -0.4 is 0 Å². The molecule has 0 aromatic rings. The van der Waals surface area contributed by atoms with Gasteiger partial charge in [0.15, 0.2) is 0 Å². The summed E-state index contributed by atoms with van der Waals surface area (Å²) in [6, 6.07) is 0. The molecule has 2 N–H and O–H groups in total. The van der Waals surface area contributed by atoms with Gasteiger partial charge in [0, 0.05) is 11.3 Å². The fourth-order valence-electron chi connectivity index (χ4n) is 0.917. The van der Waals surface area contributed by atoms with Gasteiger partial charge in [-0.15, -0.1) is 11.8 Å². The standard InChI is InChI=1S/C6H8F2O2S/c7-6(8)3-2-11-4(1-9)5(3)10/h4-5,9-10H,1-2H2/t4-,5+/m1/s1. The molecule has 1 saturated heterocycles. The van der Waals surface area contributed by atoms with Crippen LogP contribution in [0.1, 0.15) is 0 Å². The van der Waals surface area contributed by atoms with Crippen LogP contribution in [0.15, 0.2) is 11.7 Å². The smallest absolute Gasteiger partial charge is 0.272 e. The lowest BCUT2D eigenvalue weighted by Gasteiger charge is -2.09. The SMILES string of the molecule is OC[C@H]1SCC(=C(F)F)[C@@H]1O. The van der Waals surface area contributed by atoms with E-state index in [-0.39, 0.29) is 17.9 Å². The Kier molecular flexibility index (Phi) is 2.86. The van der Waals surface area contributed by atoms with Gasteiger partial charge < -0.3 is 10.2 Å². The molecule has 64 valence electrons. The van der Waals surface area contributed by atoms with Crippen LogP contribution >= 0.6 is 11.8 Å². The highest BCUT2D eigenvalue weighted by Crippen LogP contribution is 2.33. The number of aliphatic hydroxyl groups is 2. The lowest BCUT2D eigenvalue weighted by atomic mass is 10.1. The summed E-state index contributed by atoms with van der Waals surface area (Å²) in [5, 5.41) is 17.2. The van der Waals surface area contributed by atoms with Crippen molar-refractivity contribution in [2.75, 3.05) is 12.4 Å². The molecule has 5 heteroatoms. The van der Waals surface area contributed by atoms with E-state index in [1.54, 1.807) is 0 Å². The Labute approximate surface area is 66.9 Å². The molecule has 0 bridgehead atoms. The molecule has 2 nitrogen and oxygen atoms in total. The normalized spacial score (nSPS) is 31.1. The van der Waals surface area contributed by atoms with Crippen molar-refractivity contribution >= 4 is 11.8 Å². The van der Waals surface area contributed by atoms with Gasteiger partial charge in [0.25, 0.3) is 6.08 Å². The molecule has 1 heterocycles. The van der Waals surface area contributed by atoms with Crippen LogP contribution in [0.2, 0.25) is 0 Å². The van der Waals surface area contributed by atoms with Gasteiger partial charge in [-0.1, -0.05) is 0 Å². The maximum atomic E-state index is 11.9. The van der Waals surface area contributed by atoms with Gasteiger partial charge in [-0.05, 0) is 0 Å². The number of hydrogen-bond acceptors (Lipinski definition) is 3. The first-order valence-corrected chi connectivity index (χ1v) is 4.16. The molecule has 2 atom stereocenters. The van der Waals surface area contributed by atoms with Crippen LogP contribution in [0, 0.1) is 0 Å². The van der Waals surface area contributed by atoms with E-state index < -0.39 is 17.4 Å². The predicted molar refractivity (Wildman–Crippen MR) is 38.6 cm³/mol. The molecule has 1 fully saturated rings. The number of hydrogen-bond donors (Lipinski definition) is 2. The zero-order valence-electron chi connectivity index (χ0n) is 5.63. The van der Waals surface area contributed by atoms with Crippen molar-refractivity contribution in [2.45, 2.75) is 11.4 Å². The fourth-order valence-corrected chi connectivity index (χ4v) is 2.04. The number of aliphatic hydroxyl groups excluding tert-OH is 2. The number of thioether (sulfide) groups is 1. The predicted octanol–water partition coefficient (Wildman–Crippen LogP) is 0.606. The van der Waals surface area contributed by atoms with E-state index in [4.69, 9.17) is 10.2 Å². The molecule has 1 aliphatic heterocycles. The zero-order valence-corrected chi connectivity index (χ0v) is 6.44. The van der Waals surface area contributed by atoms with Crippen LogP contribution in [-0.4, -0.2) is 33.9 Å². The monoisotopic (exact) mass is 182 g/mol. The van der Waals surface area contributed by atoms with E-state index in [1.165, 1.54) is 0 Å². The molecular formula is C6H8F2O2S.